The first kappa shape index (κ1) is 12.0. The van der Waals surface area contributed by atoms with Crippen LogP contribution in [0.4, 0.5) is 13.2 Å². The third-order valence-electron chi connectivity index (χ3n) is 1.79. The van der Waals surface area contributed by atoms with E-state index in [0.717, 1.165) is 6.20 Å². The van der Waals surface area contributed by atoms with Gasteiger partial charge in [0.1, 0.15) is 11.9 Å². The lowest BCUT2D eigenvalue weighted by molar-refractivity contribution is -0.136. The first-order valence-corrected chi connectivity index (χ1v) is 4.04. The second kappa shape index (κ2) is 4.61. The van der Waals surface area contributed by atoms with E-state index in [2.05, 4.69) is 4.98 Å². The molecule has 0 amide bonds. The monoisotopic (exact) mass is 230 g/mol. The van der Waals surface area contributed by atoms with Crippen LogP contribution in [0.1, 0.15) is 23.2 Å². The van der Waals surface area contributed by atoms with Crippen LogP contribution in [-0.2, 0) is 11.2 Å². The zero-order chi connectivity index (χ0) is 12.3. The van der Waals surface area contributed by atoms with Crippen molar-refractivity contribution in [3.05, 3.63) is 28.8 Å². The Morgan fingerprint density at radius 1 is 1.62 bits per heavy atom. The van der Waals surface area contributed by atoms with Crippen molar-refractivity contribution < 1.29 is 23.1 Å². The molecule has 0 atom stereocenters. The summed E-state index contributed by atoms with van der Waals surface area (Å²) in [4.78, 5) is 13.6. The lowest BCUT2D eigenvalue weighted by Gasteiger charge is -2.06. The molecule has 7 heteroatoms. The second-order valence-electron chi connectivity index (χ2n) is 2.84. The molecule has 4 nitrogen and oxygen atoms in total. The maximum Gasteiger partial charge on any atom is 0.307 e. The molecule has 0 aromatic carbocycles. The summed E-state index contributed by atoms with van der Waals surface area (Å²) in [5.74, 6) is -2.76. The van der Waals surface area contributed by atoms with E-state index in [1.54, 1.807) is 0 Å². The standard InChI is InChI=1S/C9H5F3N2O2/c10-8-4(1-6(15)16)3-14-5(2-13)7(8)9(11)12/h3,9H,1H2,(H,15,16). The summed E-state index contributed by atoms with van der Waals surface area (Å²) in [7, 11) is 0. The van der Waals surface area contributed by atoms with Crippen molar-refractivity contribution in [3.63, 3.8) is 0 Å². The van der Waals surface area contributed by atoms with Crippen molar-refractivity contribution in [2.75, 3.05) is 0 Å². The summed E-state index contributed by atoms with van der Waals surface area (Å²) in [6.45, 7) is 0. The van der Waals surface area contributed by atoms with Crippen LogP contribution in [0.3, 0.4) is 0 Å². The molecule has 0 saturated heterocycles. The lowest BCUT2D eigenvalue weighted by atomic mass is 10.1. The van der Waals surface area contributed by atoms with Crippen LogP contribution in [0.15, 0.2) is 6.20 Å². The Morgan fingerprint density at radius 3 is 2.69 bits per heavy atom. The van der Waals surface area contributed by atoms with Gasteiger partial charge in [0.05, 0.1) is 12.0 Å². The molecule has 1 N–H and O–H groups in total. The van der Waals surface area contributed by atoms with E-state index in [0.29, 0.717) is 0 Å². The van der Waals surface area contributed by atoms with Gasteiger partial charge in [0, 0.05) is 11.8 Å². The fourth-order valence-corrected chi connectivity index (χ4v) is 1.12. The molecule has 0 fully saturated rings. The van der Waals surface area contributed by atoms with Gasteiger partial charge in [-0.15, -0.1) is 0 Å². The molecule has 0 aliphatic carbocycles. The van der Waals surface area contributed by atoms with Gasteiger partial charge in [0.2, 0.25) is 0 Å². The molecule has 0 bridgehead atoms. The fourth-order valence-electron chi connectivity index (χ4n) is 1.12. The van der Waals surface area contributed by atoms with Crippen molar-refractivity contribution in [3.8, 4) is 6.07 Å². The van der Waals surface area contributed by atoms with E-state index in [4.69, 9.17) is 10.4 Å². The van der Waals surface area contributed by atoms with Gasteiger partial charge < -0.3 is 5.11 Å². The first-order valence-electron chi connectivity index (χ1n) is 4.04. The van der Waals surface area contributed by atoms with Gasteiger partial charge in [0.15, 0.2) is 5.69 Å². The minimum atomic E-state index is -3.21. The summed E-state index contributed by atoms with van der Waals surface area (Å²) in [6.07, 6.45) is -3.20. The summed E-state index contributed by atoms with van der Waals surface area (Å²) in [5, 5.41) is 16.8. The van der Waals surface area contributed by atoms with E-state index in [1.807, 2.05) is 0 Å². The Morgan fingerprint density at radius 2 is 2.25 bits per heavy atom. The van der Waals surface area contributed by atoms with Crippen molar-refractivity contribution in [2.45, 2.75) is 12.8 Å². The molecule has 1 aromatic rings. The number of hydrogen-bond acceptors (Lipinski definition) is 3. The molecular formula is C9H5F3N2O2. The van der Waals surface area contributed by atoms with E-state index in [-0.39, 0.29) is 0 Å². The minimum Gasteiger partial charge on any atom is -0.481 e. The predicted molar refractivity (Wildman–Crippen MR) is 45.2 cm³/mol. The third-order valence-corrected chi connectivity index (χ3v) is 1.79. The lowest BCUT2D eigenvalue weighted by Crippen LogP contribution is -2.08. The summed E-state index contributed by atoms with van der Waals surface area (Å²) < 4.78 is 38.2. The highest BCUT2D eigenvalue weighted by Gasteiger charge is 2.23. The minimum absolute atomic E-state index is 0.471. The number of hydrogen-bond donors (Lipinski definition) is 1. The van der Waals surface area contributed by atoms with Crippen LogP contribution in [-0.4, -0.2) is 16.1 Å². The number of carboxylic acids is 1. The molecule has 0 spiro atoms. The van der Waals surface area contributed by atoms with Crippen LogP contribution in [0, 0.1) is 17.1 Å². The van der Waals surface area contributed by atoms with Crippen LogP contribution in [0.25, 0.3) is 0 Å². The molecule has 0 aliphatic heterocycles. The number of rotatable bonds is 3. The van der Waals surface area contributed by atoms with Crippen molar-refractivity contribution in [1.29, 1.82) is 5.26 Å². The van der Waals surface area contributed by atoms with Crippen LogP contribution in [0.5, 0.6) is 0 Å². The number of carboxylic acid groups (broad SMARTS) is 1. The molecule has 16 heavy (non-hydrogen) atoms. The van der Waals surface area contributed by atoms with E-state index < -0.39 is 41.5 Å². The molecule has 84 valence electrons. The highest BCUT2D eigenvalue weighted by atomic mass is 19.3. The number of pyridine rings is 1. The SMILES string of the molecule is N#Cc1ncc(CC(=O)O)c(F)c1C(F)F. The van der Waals surface area contributed by atoms with Crippen LogP contribution >= 0.6 is 0 Å². The topological polar surface area (TPSA) is 74.0 Å². The average Bonchev–Trinajstić information content (AvgIpc) is 2.19. The van der Waals surface area contributed by atoms with Gasteiger partial charge in [-0.05, 0) is 0 Å². The van der Waals surface area contributed by atoms with Gasteiger partial charge in [-0.1, -0.05) is 0 Å². The number of halogens is 3. The van der Waals surface area contributed by atoms with Gasteiger partial charge in [-0.2, -0.15) is 5.26 Å². The van der Waals surface area contributed by atoms with Crippen molar-refractivity contribution in [1.82, 2.24) is 4.98 Å². The van der Waals surface area contributed by atoms with E-state index in [9.17, 15) is 18.0 Å². The van der Waals surface area contributed by atoms with Gasteiger partial charge in [0.25, 0.3) is 6.43 Å². The predicted octanol–water partition coefficient (Wildman–Crippen LogP) is 1.66. The quantitative estimate of drug-likeness (QED) is 0.856. The molecule has 0 radical (unpaired) electrons. The zero-order valence-electron chi connectivity index (χ0n) is 7.75. The number of aliphatic carboxylic acids is 1. The highest BCUT2D eigenvalue weighted by molar-refractivity contribution is 5.70. The maximum atomic E-state index is 13.4. The van der Waals surface area contributed by atoms with Gasteiger partial charge in [-0.25, -0.2) is 18.2 Å². The average molecular weight is 230 g/mol. The molecule has 1 rings (SSSR count). The largest absolute Gasteiger partial charge is 0.481 e. The Labute approximate surface area is 88.0 Å². The molecule has 0 aliphatic rings. The first-order chi connectivity index (χ1) is 7.47. The summed E-state index contributed by atoms with van der Waals surface area (Å²) in [5.41, 5.74) is -2.36. The normalized spacial score (nSPS) is 10.2. The Bertz CT molecular complexity index is 469. The molecule has 1 aromatic heterocycles. The molecule has 0 saturated carbocycles. The van der Waals surface area contributed by atoms with Crippen molar-refractivity contribution in [2.24, 2.45) is 0 Å². The number of aromatic nitrogens is 1. The number of alkyl halides is 2. The van der Waals surface area contributed by atoms with Crippen LogP contribution in [0.2, 0.25) is 0 Å². The maximum absolute atomic E-state index is 13.4. The summed E-state index contributed by atoms with van der Waals surface area (Å²) in [6, 6.07) is 1.32. The summed E-state index contributed by atoms with van der Waals surface area (Å²) >= 11 is 0. The highest BCUT2D eigenvalue weighted by Crippen LogP contribution is 2.26. The Balaban J connectivity index is 3.33. The molecule has 1 heterocycles. The van der Waals surface area contributed by atoms with E-state index in [1.165, 1.54) is 6.07 Å². The van der Waals surface area contributed by atoms with Gasteiger partial charge in [-0.3, -0.25) is 4.79 Å². The molecular weight excluding hydrogens is 225 g/mol. The van der Waals surface area contributed by atoms with Crippen LogP contribution < -0.4 is 0 Å². The number of nitrogens with zero attached hydrogens (tertiary/aromatic N) is 2. The Kier molecular flexibility index (Phi) is 3.45. The zero-order valence-corrected chi connectivity index (χ0v) is 7.75. The van der Waals surface area contributed by atoms with Gasteiger partial charge >= 0.3 is 5.97 Å². The van der Waals surface area contributed by atoms with E-state index >= 15 is 0 Å². The van der Waals surface area contributed by atoms with Crippen molar-refractivity contribution >= 4 is 5.97 Å². The molecule has 0 unspecified atom stereocenters. The third kappa shape index (κ3) is 2.28. The second-order valence-corrected chi connectivity index (χ2v) is 2.84. The fraction of sp³-hybridized carbons (Fsp3) is 0.222. The number of carbonyl (C=O) groups is 1. The number of nitriles is 1. The Hall–Kier alpha value is -2.10. The smallest absolute Gasteiger partial charge is 0.307 e.